The molecule has 1 N–H and O–H groups in total. The van der Waals surface area contributed by atoms with Crippen LogP contribution in [0.5, 0.6) is 5.75 Å². The molecule has 0 aromatic heterocycles. The van der Waals surface area contributed by atoms with Crippen LogP contribution in [0.25, 0.3) is 0 Å². The second-order valence-corrected chi connectivity index (χ2v) is 5.38. The summed E-state index contributed by atoms with van der Waals surface area (Å²) in [5.41, 5.74) is 1.78. The Morgan fingerprint density at radius 3 is 2.60 bits per heavy atom. The number of nitrogens with one attached hydrogen (secondary N) is 1. The lowest BCUT2D eigenvalue weighted by molar-refractivity contribution is 0.409. The molecule has 0 amide bonds. The summed E-state index contributed by atoms with van der Waals surface area (Å²) in [6, 6.07) is 12.9. The summed E-state index contributed by atoms with van der Waals surface area (Å²) in [5.74, 6) is 0.276. The minimum Gasteiger partial charge on any atom is -0.497 e. The molecule has 0 fully saturated rings. The Kier molecular flexibility index (Phi) is 5.15. The smallest absolute Gasteiger partial charge is 0.131 e. The average Bonchev–Trinajstić information content (AvgIpc) is 2.47. The highest BCUT2D eigenvalue weighted by atomic mass is 79.9. The van der Waals surface area contributed by atoms with Crippen molar-refractivity contribution in [1.29, 1.82) is 0 Å². The molecule has 0 radical (unpaired) electrons. The normalized spacial score (nSPS) is 12.2. The number of likely N-dealkylation sites (N-methyl/N-ethyl adjacent to an activating group) is 1. The monoisotopic (exact) mass is 337 g/mol. The van der Waals surface area contributed by atoms with Gasteiger partial charge in [-0.1, -0.05) is 40.2 Å². The second kappa shape index (κ2) is 6.86. The summed E-state index contributed by atoms with van der Waals surface area (Å²) in [4.78, 5) is 0. The van der Waals surface area contributed by atoms with Crippen molar-refractivity contribution in [2.75, 3.05) is 14.2 Å². The minimum atomic E-state index is -0.254. The summed E-state index contributed by atoms with van der Waals surface area (Å²) < 4.78 is 20.2. The van der Waals surface area contributed by atoms with Crippen LogP contribution in [0.4, 0.5) is 4.39 Å². The van der Waals surface area contributed by atoms with E-state index < -0.39 is 0 Å². The van der Waals surface area contributed by atoms with E-state index in [4.69, 9.17) is 4.74 Å². The lowest BCUT2D eigenvalue weighted by Crippen LogP contribution is -2.20. The second-order valence-electron chi connectivity index (χ2n) is 4.52. The number of benzene rings is 2. The highest BCUT2D eigenvalue weighted by Gasteiger charge is 2.16. The molecule has 106 valence electrons. The van der Waals surface area contributed by atoms with Gasteiger partial charge in [0.15, 0.2) is 0 Å². The molecule has 0 saturated heterocycles. The molecule has 2 aromatic carbocycles. The summed E-state index contributed by atoms with van der Waals surface area (Å²) in [7, 11) is 3.37. The SMILES string of the molecule is CNC(Cc1ccccc1Br)c1ccc(OC)cc1F. The highest BCUT2D eigenvalue weighted by molar-refractivity contribution is 9.10. The Balaban J connectivity index is 2.27. The fourth-order valence-electron chi connectivity index (χ4n) is 2.17. The van der Waals surface area contributed by atoms with E-state index in [1.54, 1.807) is 12.1 Å². The predicted molar refractivity (Wildman–Crippen MR) is 82.6 cm³/mol. The summed E-state index contributed by atoms with van der Waals surface area (Å²) in [6.07, 6.45) is 0.709. The zero-order valence-corrected chi connectivity index (χ0v) is 13.1. The Labute approximate surface area is 127 Å². The van der Waals surface area contributed by atoms with Crippen LogP contribution < -0.4 is 10.1 Å². The zero-order chi connectivity index (χ0) is 14.5. The van der Waals surface area contributed by atoms with Crippen molar-refractivity contribution in [3.63, 3.8) is 0 Å². The third kappa shape index (κ3) is 3.38. The van der Waals surface area contributed by atoms with E-state index in [1.165, 1.54) is 13.2 Å². The number of methoxy groups -OCH3 is 1. The average molecular weight is 338 g/mol. The molecule has 0 aliphatic rings. The van der Waals surface area contributed by atoms with Gasteiger partial charge in [-0.05, 0) is 31.2 Å². The van der Waals surface area contributed by atoms with Gasteiger partial charge in [-0.15, -0.1) is 0 Å². The first-order valence-corrected chi connectivity index (χ1v) is 7.19. The van der Waals surface area contributed by atoms with Gasteiger partial charge >= 0.3 is 0 Å². The molecule has 0 aliphatic carbocycles. The lowest BCUT2D eigenvalue weighted by atomic mass is 9.98. The van der Waals surface area contributed by atoms with Crippen LogP contribution in [-0.2, 0) is 6.42 Å². The summed E-state index contributed by atoms with van der Waals surface area (Å²) >= 11 is 3.53. The molecular formula is C16H17BrFNO. The van der Waals surface area contributed by atoms with Gasteiger partial charge in [-0.3, -0.25) is 0 Å². The third-order valence-corrected chi connectivity index (χ3v) is 4.09. The van der Waals surface area contributed by atoms with Crippen LogP contribution in [0.1, 0.15) is 17.2 Å². The number of hydrogen-bond acceptors (Lipinski definition) is 2. The first-order valence-electron chi connectivity index (χ1n) is 6.39. The van der Waals surface area contributed by atoms with Crippen LogP contribution in [0.3, 0.4) is 0 Å². The van der Waals surface area contributed by atoms with E-state index in [0.29, 0.717) is 17.7 Å². The van der Waals surface area contributed by atoms with Gasteiger partial charge in [0.25, 0.3) is 0 Å². The van der Waals surface area contributed by atoms with Crippen molar-refractivity contribution in [3.05, 3.63) is 63.9 Å². The number of halogens is 2. The third-order valence-electron chi connectivity index (χ3n) is 3.31. The Morgan fingerprint density at radius 1 is 1.25 bits per heavy atom. The van der Waals surface area contributed by atoms with Crippen molar-refractivity contribution in [1.82, 2.24) is 5.32 Å². The van der Waals surface area contributed by atoms with E-state index in [1.807, 2.05) is 31.3 Å². The quantitative estimate of drug-likeness (QED) is 0.886. The van der Waals surface area contributed by atoms with Crippen LogP contribution in [-0.4, -0.2) is 14.2 Å². The Morgan fingerprint density at radius 2 is 2.00 bits per heavy atom. The number of hydrogen-bond donors (Lipinski definition) is 1. The molecule has 0 aliphatic heterocycles. The van der Waals surface area contributed by atoms with Crippen LogP contribution in [0.15, 0.2) is 46.9 Å². The van der Waals surface area contributed by atoms with Crippen molar-refractivity contribution in [2.45, 2.75) is 12.5 Å². The van der Waals surface area contributed by atoms with E-state index in [-0.39, 0.29) is 11.9 Å². The fourth-order valence-corrected chi connectivity index (χ4v) is 2.62. The molecule has 0 bridgehead atoms. The molecule has 0 heterocycles. The van der Waals surface area contributed by atoms with Gasteiger partial charge in [-0.25, -0.2) is 4.39 Å². The lowest BCUT2D eigenvalue weighted by Gasteiger charge is -2.18. The molecule has 4 heteroatoms. The summed E-state index contributed by atoms with van der Waals surface area (Å²) in [6.45, 7) is 0. The van der Waals surface area contributed by atoms with Gasteiger partial charge in [0.2, 0.25) is 0 Å². The van der Waals surface area contributed by atoms with Gasteiger partial charge < -0.3 is 10.1 Å². The molecule has 1 unspecified atom stereocenters. The van der Waals surface area contributed by atoms with E-state index in [0.717, 1.165) is 10.0 Å². The standard InChI is InChI=1S/C16H17BrFNO/c1-19-16(9-11-5-3-4-6-14(11)17)13-8-7-12(20-2)10-15(13)18/h3-8,10,16,19H,9H2,1-2H3. The van der Waals surface area contributed by atoms with Gasteiger partial charge in [-0.2, -0.15) is 0 Å². The maximum atomic E-state index is 14.1. The molecular weight excluding hydrogens is 321 g/mol. The molecule has 0 spiro atoms. The van der Waals surface area contributed by atoms with Crippen LogP contribution in [0, 0.1) is 5.82 Å². The van der Waals surface area contributed by atoms with E-state index in [2.05, 4.69) is 21.2 Å². The van der Waals surface area contributed by atoms with Crippen molar-refractivity contribution < 1.29 is 9.13 Å². The van der Waals surface area contributed by atoms with Crippen LogP contribution in [0.2, 0.25) is 0 Å². The highest BCUT2D eigenvalue weighted by Crippen LogP contribution is 2.27. The predicted octanol–water partition coefficient (Wildman–Crippen LogP) is 4.10. The van der Waals surface area contributed by atoms with Gasteiger partial charge in [0, 0.05) is 22.1 Å². The molecule has 2 aromatic rings. The molecule has 20 heavy (non-hydrogen) atoms. The zero-order valence-electron chi connectivity index (χ0n) is 11.5. The summed E-state index contributed by atoms with van der Waals surface area (Å²) in [5, 5.41) is 3.17. The topological polar surface area (TPSA) is 21.3 Å². The Bertz CT molecular complexity index is 588. The van der Waals surface area contributed by atoms with Crippen molar-refractivity contribution in [2.24, 2.45) is 0 Å². The molecule has 1 atom stereocenters. The first-order chi connectivity index (χ1) is 9.65. The van der Waals surface area contributed by atoms with Gasteiger partial charge in [0.05, 0.1) is 7.11 Å². The van der Waals surface area contributed by atoms with Crippen LogP contribution >= 0.6 is 15.9 Å². The molecule has 2 rings (SSSR count). The Hall–Kier alpha value is -1.39. The van der Waals surface area contributed by atoms with Crippen molar-refractivity contribution in [3.8, 4) is 5.75 Å². The minimum absolute atomic E-state index is 0.0837. The largest absolute Gasteiger partial charge is 0.497 e. The van der Waals surface area contributed by atoms with Crippen molar-refractivity contribution >= 4 is 15.9 Å². The fraction of sp³-hybridized carbons (Fsp3) is 0.250. The maximum Gasteiger partial charge on any atom is 0.131 e. The van der Waals surface area contributed by atoms with Gasteiger partial charge in [0.1, 0.15) is 11.6 Å². The number of ether oxygens (including phenoxy) is 1. The van der Waals surface area contributed by atoms with E-state index >= 15 is 0 Å². The maximum absolute atomic E-state index is 14.1. The molecule has 2 nitrogen and oxygen atoms in total. The number of rotatable bonds is 5. The first kappa shape index (κ1) is 15.0. The van der Waals surface area contributed by atoms with E-state index in [9.17, 15) is 4.39 Å². The molecule has 0 saturated carbocycles.